The first-order valence-corrected chi connectivity index (χ1v) is 8.17. The minimum atomic E-state index is -1.07. The molecule has 0 radical (unpaired) electrons. The molecule has 23 heavy (non-hydrogen) atoms. The fourth-order valence-corrected chi connectivity index (χ4v) is 2.83. The highest BCUT2D eigenvalue weighted by molar-refractivity contribution is 5.88. The van der Waals surface area contributed by atoms with Crippen LogP contribution in [0.2, 0.25) is 0 Å². The van der Waals surface area contributed by atoms with Crippen molar-refractivity contribution in [1.82, 2.24) is 5.32 Å². The molecule has 1 aliphatic rings. The van der Waals surface area contributed by atoms with E-state index in [4.69, 9.17) is 4.74 Å². The van der Waals surface area contributed by atoms with Crippen molar-refractivity contribution >= 4 is 11.9 Å². The van der Waals surface area contributed by atoms with Crippen molar-refractivity contribution < 1.29 is 19.4 Å². The highest BCUT2D eigenvalue weighted by Crippen LogP contribution is 2.30. The summed E-state index contributed by atoms with van der Waals surface area (Å²) in [5.41, 5.74) is -0.227. The summed E-state index contributed by atoms with van der Waals surface area (Å²) in [6, 6.07) is 7.37. The maximum atomic E-state index is 12.2. The fraction of sp³-hybridized carbons (Fsp3) is 0.556. The van der Waals surface area contributed by atoms with Crippen LogP contribution in [0.5, 0.6) is 5.75 Å². The van der Waals surface area contributed by atoms with Crippen molar-refractivity contribution in [2.45, 2.75) is 51.5 Å². The zero-order chi connectivity index (χ0) is 16.9. The van der Waals surface area contributed by atoms with Gasteiger partial charge in [-0.15, -0.1) is 0 Å². The van der Waals surface area contributed by atoms with Crippen molar-refractivity contribution in [3.63, 3.8) is 0 Å². The van der Waals surface area contributed by atoms with Gasteiger partial charge in [-0.05, 0) is 36.5 Å². The maximum Gasteiger partial charge on any atom is 0.329 e. The molecule has 0 bridgehead atoms. The maximum absolute atomic E-state index is 12.2. The molecule has 1 aliphatic carbocycles. The second-order valence-electron chi connectivity index (χ2n) is 6.67. The SMILES string of the molecule is CC(C)COc1ccc(CC(=O)NC2(C(=O)O)CCCC2)cc1. The van der Waals surface area contributed by atoms with E-state index in [0.717, 1.165) is 24.2 Å². The third kappa shape index (κ3) is 4.71. The van der Waals surface area contributed by atoms with E-state index in [0.29, 0.717) is 25.4 Å². The molecular formula is C18H25NO4. The van der Waals surface area contributed by atoms with Crippen LogP contribution in [-0.4, -0.2) is 29.1 Å². The molecule has 0 aromatic heterocycles. The highest BCUT2D eigenvalue weighted by atomic mass is 16.5. The van der Waals surface area contributed by atoms with E-state index in [9.17, 15) is 14.7 Å². The van der Waals surface area contributed by atoms with Gasteiger partial charge in [0.25, 0.3) is 0 Å². The summed E-state index contributed by atoms with van der Waals surface area (Å²) in [4.78, 5) is 23.6. The summed E-state index contributed by atoms with van der Waals surface area (Å²) in [5, 5.41) is 12.1. The zero-order valence-electron chi connectivity index (χ0n) is 13.8. The Hall–Kier alpha value is -2.04. The lowest BCUT2D eigenvalue weighted by Gasteiger charge is -2.25. The Kier molecular flexibility index (Phi) is 5.64. The average molecular weight is 319 g/mol. The summed E-state index contributed by atoms with van der Waals surface area (Å²) < 4.78 is 5.60. The normalized spacial score (nSPS) is 16.3. The van der Waals surface area contributed by atoms with E-state index >= 15 is 0 Å². The van der Waals surface area contributed by atoms with Crippen LogP contribution in [0.4, 0.5) is 0 Å². The standard InChI is InChI=1S/C18H25NO4/c1-13(2)12-23-15-7-5-14(6-8-15)11-16(20)19-18(17(21)22)9-3-4-10-18/h5-8,13H,3-4,9-12H2,1-2H3,(H,19,20)(H,21,22). The molecule has 1 aromatic carbocycles. The predicted octanol–water partition coefficient (Wildman–Crippen LogP) is 2.78. The average Bonchev–Trinajstić information content (AvgIpc) is 2.96. The number of amides is 1. The number of carboxylic acid groups (broad SMARTS) is 1. The van der Waals surface area contributed by atoms with E-state index in [2.05, 4.69) is 19.2 Å². The summed E-state index contributed by atoms with van der Waals surface area (Å²) in [6.07, 6.45) is 2.88. The van der Waals surface area contributed by atoms with Gasteiger partial charge in [0, 0.05) is 0 Å². The van der Waals surface area contributed by atoms with Crippen molar-refractivity contribution in [1.29, 1.82) is 0 Å². The molecule has 0 unspecified atom stereocenters. The molecule has 1 fully saturated rings. The lowest BCUT2D eigenvalue weighted by molar-refractivity contribution is -0.147. The fourth-order valence-electron chi connectivity index (χ4n) is 2.83. The number of carbonyl (C=O) groups excluding carboxylic acids is 1. The molecule has 0 aliphatic heterocycles. The van der Waals surface area contributed by atoms with E-state index in [-0.39, 0.29) is 12.3 Å². The van der Waals surface area contributed by atoms with E-state index < -0.39 is 11.5 Å². The quantitative estimate of drug-likeness (QED) is 0.810. The number of ether oxygens (including phenoxy) is 1. The van der Waals surface area contributed by atoms with Gasteiger partial charge in [0.2, 0.25) is 5.91 Å². The lowest BCUT2D eigenvalue weighted by Crippen LogP contribution is -2.52. The number of hydrogen-bond donors (Lipinski definition) is 2. The number of aliphatic carboxylic acids is 1. The Morgan fingerprint density at radius 2 is 1.83 bits per heavy atom. The van der Waals surface area contributed by atoms with Crippen molar-refractivity contribution in [2.24, 2.45) is 5.92 Å². The van der Waals surface area contributed by atoms with Gasteiger partial charge in [0.1, 0.15) is 11.3 Å². The molecule has 5 nitrogen and oxygen atoms in total. The van der Waals surface area contributed by atoms with E-state index in [1.54, 1.807) is 0 Å². The third-order valence-electron chi connectivity index (χ3n) is 4.12. The van der Waals surface area contributed by atoms with Crippen LogP contribution in [0.25, 0.3) is 0 Å². The first-order valence-electron chi connectivity index (χ1n) is 8.17. The van der Waals surface area contributed by atoms with Gasteiger partial charge < -0.3 is 15.2 Å². The molecule has 2 N–H and O–H groups in total. The smallest absolute Gasteiger partial charge is 0.329 e. The van der Waals surface area contributed by atoms with Crippen molar-refractivity contribution in [3.05, 3.63) is 29.8 Å². The largest absolute Gasteiger partial charge is 0.493 e. The monoisotopic (exact) mass is 319 g/mol. The topological polar surface area (TPSA) is 75.6 Å². The van der Waals surface area contributed by atoms with Crippen LogP contribution in [0.1, 0.15) is 45.1 Å². The van der Waals surface area contributed by atoms with Gasteiger partial charge in [0.05, 0.1) is 13.0 Å². The summed E-state index contributed by atoms with van der Waals surface area (Å²) in [7, 11) is 0. The third-order valence-corrected chi connectivity index (χ3v) is 4.12. The highest BCUT2D eigenvalue weighted by Gasteiger charge is 2.42. The Balaban J connectivity index is 1.91. The molecule has 1 aromatic rings. The Bertz CT molecular complexity index is 545. The van der Waals surface area contributed by atoms with Gasteiger partial charge >= 0.3 is 5.97 Å². The van der Waals surface area contributed by atoms with Gasteiger partial charge in [0.15, 0.2) is 0 Å². The van der Waals surface area contributed by atoms with Crippen LogP contribution in [0.15, 0.2) is 24.3 Å². The van der Waals surface area contributed by atoms with Crippen molar-refractivity contribution in [2.75, 3.05) is 6.61 Å². The van der Waals surface area contributed by atoms with Crippen molar-refractivity contribution in [3.8, 4) is 5.75 Å². The molecule has 0 atom stereocenters. The Labute approximate surface area is 137 Å². The van der Waals surface area contributed by atoms with Crippen LogP contribution in [0.3, 0.4) is 0 Å². The Morgan fingerprint density at radius 1 is 1.22 bits per heavy atom. The molecule has 0 saturated heterocycles. The first-order chi connectivity index (χ1) is 10.9. The summed E-state index contributed by atoms with van der Waals surface area (Å²) in [6.45, 7) is 4.82. The Morgan fingerprint density at radius 3 is 2.35 bits per heavy atom. The molecular weight excluding hydrogens is 294 g/mol. The van der Waals surface area contributed by atoms with Crippen LogP contribution >= 0.6 is 0 Å². The van der Waals surface area contributed by atoms with E-state index in [1.807, 2.05) is 24.3 Å². The van der Waals surface area contributed by atoms with Gasteiger partial charge in [-0.25, -0.2) is 4.79 Å². The number of rotatable bonds is 7. The molecule has 0 heterocycles. The summed E-state index contributed by atoms with van der Waals surface area (Å²) in [5.74, 6) is 0.0608. The number of hydrogen-bond acceptors (Lipinski definition) is 3. The number of carbonyl (C=O) groups is 2. The molecule has 1 saturated carbocycles. The van der Waals surface area contributed by atoms with Gasteiger partial charge in [-0.2, -0.15) is 0 Å². The second-order valence-corrected chi connectivity index (χ2v) is 6.67. The van der Waals surface area contributed by atoms with Crippen LogP contribution in [0, 0.1) is 5.92 Å². The van der Waals surface area contributed by atoms with E-state index in [1.165, 1.54) is 0 Å². The number of nitrogens with one attached hydrogen (secondary N) is 1. The predicted molar refractivity (Wildman–Crippen MR) is 87.5 cm³/mol. The minimum Gasteiger partial charge on any atom is -0.493 e. The van der Waals surface area contributed by atoms with Crippen LogP contribution < -0.4 is 10.1 Å². The molecule has 1 amide bonds. The van der Waals surface area contributed by atoms with Gasteiger partial charge in [-0.1, -0.05) is 38.8 Å². The molecule has 0 spiro atoms. The summed E-state index contributed by atoms with van der Waals surface area (Å²) >= 11 is 0. The van der Waals surface area contributed by atoms with Gasteiger partial charge in [-0.3, -0.25) is 4.79 Å². The zero-order valence-corrected chi connectivity index (χ0v) is 13.8. The number of benzene rings is 1. The molecule has 126 valence electrons. The molecule has 5 heteroatoms. The molecule has 2 rings (SSSR count). The first kappa shape index (κ1) is 17.3. The number of carboxylic acids is 1. The lowest BCUT2D eigenvalue weighted by atomic mass is 9.97. The van der Waals surface area contributed by atoms with Crippen LogP contribution in [-0.2, 0) is 16.0 Å². The second kappa shape index (κ2) is 7.49. The minimum absolute atomic E-state index is 0.180.